The van der Waals surface area contributed by atoms with E-state index in [9.17, 15) is 4.79 Å². The van der Waals surface area contributed by atoms with Gasteiger partial charge in [-0.05, 0) is 18.2 Å². The van der Waals surface area contributed by atoms with E-state index in [1.165, 1.54) is 11.3 Å². The van der Waals surface area contributed by atoms with E-state index in [0.29, 0.717) is 33.3 Å². The second-order valence-corrected chi connectivity index (χ2v) is 8.31. The predicted molar refractivity (Wildman–Crippen MR) is 129 cm³/mol. The van der Waals surface area contributed by atoms with Crippen LogP contribution in [0.25, 0.3) is 33.5 Å². The number of carbonyl (C=O) groups is 1. The molecule has 0 atom stereocenters. The number of nitrogens with one attached hydrogen (secondary N) is 1. The molecule has 5 rings (SSSR count). The second-order valence-electron chi connectivity index (χ2n) is 7.24. The zero-order valence-corrected chi connectivity index (χ0v) is 18.5. The number of carbonyl (C=O) groups excluding carboxylic acids is 1. The molecule has 0 aliphatic heterocycles. The topological polar surface area (TPSA) is 89.9 Å². The van der Waals surface area contributed by atoms with Crippen LogP contribution >= 0.6 is 11.3 Å². The van der Waals surface area contributed by atoms with Gasteiger partial charge in [0.1, 0.15) is 11.6 Å². The molecule has 1 N–H and O–H groups in total. The summed E-state index contributed by atoms with van der Waals surface area (Å²) in [5.41, 5.74) is 5.32. The van der Waals surface area contributed by atoms with Crippen LogP contribution in [0.3, 0.4) is 0 Å². The van der Waals surface area contributed by atoms with Crippen LogP contribution in [-0.4, -0.2) is 33.2 Å². The summed E-state index contributed by atoms with van der Waals surface area (Å²) >= 11 is 1.28. The SMILES string of the molecule is COCc1nnc(NC(=O)c2ccc3nc(-c4ccccc4)c(-c4ccccc4)nc3c2)s1. The third-order valence-electron chi connectivity index (χ3n) is 4.98. The molecule has 0 aliphatic carbocycles. The Kier molecular flexibility index (Phi) is 5.84. The Balaban J connectivity index is 1.54. The van der Waals surface area contributed by atoms with Gasteiger partial charge in [-0.1, -0.05) is 72.0 Å². The summed E-state index contributed by atoms with van der Waals surface area (Å²) < 4.78 is 5.05. The fourth-order valence-corrected chi connectivity index (χ4v) is 4.15. The molecule has 0 aliphatic rings. The van der Waals surface area contributed by atoms with Gasteiger partial charge < -0.3 is 4.74 Å². The number of fused-ring (bicyclic) bond motifs is 1. The van der Waals surface area contributed by atoms with Gasteiger partial charge in [0.15, 0.2) is 0 Å². The summed E-state index contributed by atoms with van der Waals surface area (Å²) in [5, 5.41) is 11.9. The first-order valence-corrected chi connectivity index (χ1v) is 11.1. The zero-order chi connectivity index (χ0) is 22.6. The van der Waals surface area contributed by atoms with Crippen molar-refractivity contribution in [1.82, 2.24) is 20.2 Å². The third-order valence-corrected chi connectivity index (χ3v) is 5.79. The normalized spacial score (nSPS) is 10.9. The van der Waals surface area contributed by atoms with Crippen LogP contribution in [0.5, 0.6) is 0 Å². The first-order valence-electron chi connectivity index (χ1n) is 10.3. The zero-order valence-electron chi connectivity index (χ0n) is 17.7. The average Bonchev–Trinajstić information content (AvgIpc) is 3.31. The van der Waals surface area contributed by atoms with E-state index in [-0.39, 0.29) is 5.91 Å². The standard InChI is InChI=1S/C25H19N5O2S/c1-32-15-21-29-30-25(33-21)28-24(31)18-12-13-19-20(14-18)27-23(17-10-6-3-7-11-17)22(26-19)16-8-4-2-5-9-16/h2-14H,15H2,1H3,(H,28,30,31). The molecule has 0 spiro atoms. The summed E-state index contributed by atoms with van der Waals surface area (Å²) in [5.74, 6) is -0.285. The number of rotatable bonds is 6. The van der Waals surface area contributed by atoms with E-state index in [4.69, 9.17) is 14.7 Å². The number of hydrogen-bond donors (Lipinski definition) is 1. The minimum atomic E-state index is -0.285. The highest BCUT2D eigenvalue weighted by Gasteiger charge is 2.15. The predicted octanol–water partition coefficient (Wildman–Crippen LogP) is 5.21. The molecule has 0 saturated heterocycles. The first kappa shape index (κ1) is 20.9. The molecule has 0 bridgehead atoms. The van der Waals surface area contributed by atoms with Crippen molar-refractivity contribution in [3.63, 3.8) is 0 Å². The van der Waals surface area contributed by atoms with Gasteiger partial charge in [-0.25, -0.2) is 9.97 Å². The molecule has 0 saturated carbocycles. The van der Waals surface area contributed by atoms with E-state index in [2.05, 4.69) is 15.5 Å². The molecular weight excluding hydrogens is 434 g/mol. The van der Waals surface area contributed by atoms with Gasteiger partial charge in [0, 0.05) is 23.8 Å². The Hall–Kier alpha value is -4.01. The number of anilines is 1. The monoisotopic (exact) mass is 453 g/mol. The van der Waals surface area contributed by atoms with Crippen molar-refractivity contribution in [3.05, 3.63) is 89.4 Å². The lowest BCUT2D eigenvalue weighted by molar-refractivity contribution is 0.102. The Bertz CT molecular complexity index is 1420. The lowest BCUT2D eigenvalue weighted by Crippen LogP contribution is -2.11. The van der Waals surface area contributed by atoms with Crippen LogP contribution in [0, 0.1) is 0 Å². The van der Waals surface area contributed by atoms with Crippen LogP contribution in [0.2, 0.25) is 0 Å². The Morgan fingerprint density at radius 2 is 1.48 bits per heavy atom. The van der Waals surface area contributed by atoms with Crippen molar-refractivity contribution in [2.45, 2.75) is 6.61 Å². The maximum atomic E-state index is 12.8. The van der Waals surface area contributed by atoms with E-state index in [1.807, 2.05) is 66.7 Å². The second kappa shape index (κ2) is 9.23. The minimum absolute atomic E-state index is 0.285. The molecule has 7 nitrogen and oxygen atoms in total. The van der Waals surface area contributed by atoms with E-state index in [1.54, 1.807) is 19.2 Å². The lowest BCUT2D eigenvalue weighted by Gasteiger charge is -2.11. The van der Waals surface area contributed by atoms with Gasteiger partial charge >= 0.3 is 0 Å². The van der Waals surface area contributed by atoms with Gasteiger partial charge in [0.25, 0.3) is 5.91 Å². The van der Waals surface area contributed by atoms with E-state index >= 15 is 0 Å². The van der Waals surface area contributed by atoms with Crippen molar-refractivity contribution in [3.8, 4) is 22.5 Å². The van der Waals surface area contributed by atoms with Crippen molar-refractivity contribution in [1.29, 1.82) is 0 Å². The molecule has 0 unspecified atom stereocenters. The average molecular weight is 454 g/mol. The molecule has 2 aromatic heterocycles. The Morgan fingerprint density at radius 1 is 0.848 bits per heavy atom. The molecule has 2 heterocycles. The molecule has 0 fully saturated rings. The van der Waals surface area contributed by atoms with Gasteiger partial charge in [-0.3, -0.25) is 10.1 Å². The number of hydrogen-bond acceptors (Lipinski definition) is 7. The summed E-state index contributed by atoms with van der Waals surface area (Å²) in [6.07, 6.45) is 0. The highest BCUT2D eigenvalue weighted by Crippen LogP contribution is 2.31. The first-order chi connectivity index (χ1) is 16.2. The maximum absolute atomic E-state index is 12.8. The highest BCUT2D eigenvalue weighted by molar-refractivity contribution is 7.15. The molecule has 162 valence electrons. The number of benzene rings is 3. The Morgan fingerprint density at radius 3 is 2.12 bits per heavy atom. The summed E-state index contributed by atoms with van der Waals surface area (Å²) in [7, 11) is 1.59. The summed E-state index contributed by atoms with van der Waals surface area (Å²) in [4.78, 5) is 22.6. The molecule has 1 amide bonds. The number of nitrogens with zero attached hydrogens (tertiary/aromatic N) is 4. The molecule has 3 aromatic carbocycles. The van der Waals surface area contributed by atoms with Gasteiger partial charge in [-0.15, -0.1) is 10.2 Å². The summed E-state index contributed by atoms with van der Waals surface area (Å²) in [6, 6.07) is 25.2. The fraction of sp³-hybridized carbons (Fsp3) is 0.0800. The number of aromatic nitrogens is 4. The number of amides is 1. The quantitative estimate of drug-likeness (QED) is 0.379. The van der Waals surface area contributed by atoms with Crippen LogP contribution < -0.4 is 5.32 Å². The smallest absolute Gasteiger partial charge is 0.257 e. The highest BCUT2D eigenvalue weighted by atomic mass is 32.1. The van der Waals surface area contributed by atoms with Crippen LogP contribution in [0.4, 0.5) is 5.13 Å². The van der Waals surface area contributed by atoms with Crippen molar-refractivity contribution in [2.24, 2.45) is 0 Å². The fourth-order valence-electron chi connectivity index (χ4n) is 3.45. The van der Waals surface area contributed by atoms with Crippen molar-refractivity contribution < 1.29 is 9.53 Å². The lowest BCUT2D eigenvalue weighted by atomic mass is 10.0. The van der Waals surface area contributed by atoms with E-state index < -0.39 is 0 Å². The van der Waals surface area contributed by atoms with Crippen LogP contribution in [0.1, 0.15) is 15.4 Å². The molecule has 33 heavy (non-hydrogen) atoms. The third kappa shape index (κ3) is 4.48. The van der Waals surface area contributed by atoms with Gasteiger partial charge in [0.05, 0.1) is 22.4 Å². The molecular formula is C25H19N5O2S. The summed E-state index contributed by atoms with van der Waals surface area (Å²) in [6.45, 7) is 0.352. The number of methoxy groups -OCH3 is 1. The van der Waals surface area contributed by atoms with Crippen LogP contribution in [0.15, 0.2) is 78.9 Å². The minimum Gasteiger partial charge on any atom is -0.377 e. The Labute approximate surface area is 194 Å². The van der Waals surface area contributed by atoms with Crippen molar-refractivity contribution in [2.75, 3.05) is 12.4 Å². The molecule has 8 heteroatoms. The molecule has 5 aromatic rings. The molecule has 0 radical (unpaired) electrons. The van der Waals surface area contributed by atoms with E-state index in [0.717, 1.165) is 22.5 Å². The largest absolute Gasteiger partial charge is 0.377 e. The van der Waals surface area contributed by atoms with Gasteiger partial charge in [-0.2, -0.15) is 0 Å². The number of ether oxygens (including phenoxy) is 1. The van der Waals surface area contributed by atoms with Crippen molar-refractivity contribution >= 4 is 33.4 Å². The van der Waals surface area contributed by atoms with Gasteiger partial charge in [0.2, 0.25) is 5.13 Å². The van der Waals surface area contributed by atoms with Crippen LogP contribution in [-0.2, 0) is 11.3 Å². The maximum Gasteiger partial charge on any atom is 0.257 e.